The van der Waals surface area contributed by atoms with Crippen LogP contribution in [0.2, 0.25) is 0 Å². The second-order valence-corrected chi connectivity index (χ2v) is 10.8. The van der Waals surface area contributed by atoms with Gasteiger partial charge in [-0.3, -0.25) is 4.98 Å². The van der Waals surface area contributed by atoms with Crippen LogP contribution in [0.1, 0.15) is 38.5 Å². The van der Waals surface area contributed by atoms with E-state index in [9.17, 15) is 9.50 Å². The fraction of sp³-hybridized carbons (Fsp3) is 0.423. The molecule has 2 unspecified atom stereocenters. The van der Waals surface area contributed by atoms with E-state index in [2.05, 4.69) is 26.8 Å². The highest BCUT2D eigenvalue weighted by Crippen LogP contribution is 2.62. The predicted molar refractivity (Wildman–Crippen MR) is 129 cm³/mol. The molecule has 3 aromatic rings. The molecule has 4 bridgehead atoms. The van der Waals surface area contributed by atoms with Crippen LogP contribution < -0.4 is 15.1 Å². The van der Waals surface area contributed by atoms with Gasteiger partial charge in [0, 0.05) is 24.7 Å². The SMILES string of the molecule is C=C1N(C)c2cnc(Nc3cc4cccnc4cc3F)nc2N1C12CC3CC(CC(O)(C3)C1)C2. The third kappa shape index (κ3) is 2.81. The summed E-state index contributed by atoms with van der Waals surface area (Å²) in [5.74, 6) is 2.63. The molecule has 3 heterocycles. The molecule has 34 heavy (non-hydrogen) atoms. The number of benzene rings is 1. The number of pyridine rings is 1. The average molecular weight is 459 g/mol. The largest absolute Gasteiger partial charge is 0.390 e. The van der Waals surface area contributed by atoms with Crippen LogP contribution in [0.3, 0.4) is 0 Å². The van der Waals surface area contributed by atoms with Crippen molar-refractivity contribution < 1.29 is 9.50 Å². The van der Waals surface area contributed by atoms with Crippen molar-refractivity contribution in [3.05, 3.63) is 54.9 Å². The lowest BCUT2D eigenvalue weighted by Gasteiger charge is -2.62. The maximum Gasteiger partial charge on any atom is 0.229 e. The minimum Gasteiger partial charge on any atom is -0.390 e. The van der Waals surface area contributed by atoms with E-state index in [4.69, 9.17) is 4.98 Å². The molecule has 8 rings (SSSR count). The molecule has 2 N–H and O–H groups in total. The van der Waals surface area contributed by atoms with Gasteiger partial charge in [0.1, 0.15) is 17.3 Å². The van der Waals surface area contributed by atoms with Gasteiger partial charge in [0.15, 0.2) is 5.82 Å². The second-order valence-electron chi connectivity index (χ2n) is 10.8. The molecule has 1 aliphatic heterocycles. The zero-order valence-corrected chi connectivity index (χ0v) is 19.1. The number of halogens is 1. The lowest BCUT2D eigenvalue weighted by atomic mass is 9.50. The molecule has 0 spiro atoms. The topological polar surface area (TPSA) is 77.4 Å². The third-order valence-corrected chi connectivity index (χ3v) is 8.38. The smallest absolute Gasteiger partial charge is 0.229 e. The lowest BCUT2D eigenvalue weighted by molar-refractivity contribution is -0.133. The normalized spacial score (nSPS) is 31.4. The molecular weight excluding hydrogens is 431 g/mol. The fourth-order valence-electron chi connectivity index (χ4n) is 7.48. The first-order valence-corrected chi connectivity index (χ1v) is 12.0. The van der Waals surface area contributed by atoms with E-state index in [1.807, 2.05) is 24.1 Å². The van der Waals surface area contributed by atoms with Crippen LogP contribution in [0.4, 0.5) is 27.5 Å². The van der Waals surface area contributed by atoms with E-state index in [0.717, 1.165) is 54.8 Å². The van der Waals surface area contributed by atoms with Crippen LogP contribution in [0.5, 0.6) is 0 Å². The summed E-state index contributed by atoms with van der Waals surface area (Å²) in [5, 5.41) is 15.2. The molecule has 1 aromatic carbocycles. The van der Waals surface area contributed by atoms with Crippen LogP contribution in [0.15, 0.2) is 49.1 Å². The van der Waals surface area contributed by atoms with Crippen LogP contribution in [-0.2, 0) is 0 Å². The maximum absolute atomic E-state index is 14.8. The average Bonchev–Trinajstić information content (AvgIpc) is 3.03. The van der Waals surface area contributed by atoms with Gasteiger partial charge in [-0.15, -0.1) is 0 Å². The molecular formula is C26H27FN6O. The first-order valence-electron chi connectivity index (χ1n) is 12.0. The monoisotopic (exact) mass is 458 g/mol. The van der Waals surface area contributed by atoms with Crippen molar-refractivity contribution in [1.29, 1.82) is 0 Å². The summed E-state index contributed by atoms with van der Waals surface area (Å²) in [7, 11) is 1.98. The Morgan fingerprint density at radius 3 is 2.74 bits per heavy atom. The Labute approximate surface area is 197 Å². The van der Waals surface area contributed by atoms with E-state index < -0.39 is 11.4 Å². The van der Waals surface area contributed by atoms with Crippen molar-refractivity contribution in [3.63, 3.8) is 0 Å². The van der Waals surface area contributed by atoms with Crippen LogP contribution in [0.25, 0.3) is 10.9 Å². The van der Waals surface area contributed by atoms with Gasteiger partial charge in [-0.1, -0.05) is 12.6 Å². The van der Waals surface area contributed by atoms with Crippen molar-refractivity contribution in [1.82, 2.24) is 15.0 Å². The molecule has 4 saturated carbocycles. The molecule has 0 amide bonds. The van der Waals surface area contributed by atoms with Gasteiger partial charge >= 0.3 is 0 Å². The number of hydrogen-bond acceptors (Lipinski definition) is 7. The standard InChI is InChI=1S/C26H27FN6O/c1-15-32(2)22-13-29-24(30-21-7-18-4-3-5-28-20(18)8-19(21)27)31-23(22)33(15)25-9-16-6-17(10-25)12-26(34,11-16)14-25/h3-5,7-8,13,16-17,34H,1,6,9-12,14H2,2H3,(H,29,30,31). The number of fused-ring (bicyclic) bond motifs is 2. The van der Waals surface area contributed by atoms with Crippen LogP contribution >= 0.6 is 0 Å². The highest BCUT2D eigenvalue weighted by atomic mass is 19.1. The van der Waals surface area contributed by atoms with Crippen molar-refractivity contribution in [2.75, 3.05) is 22.2 Å². The minimum absolute atomic E-state index is 0.194. The van der Waals surface area contributed by atoms with E-state index in [1.165, 1.54) is 12.5 Å². The minimum atomic E-state index is -0.595. The fourth-order valence-corrected chi connectivity index (χ4v) is 7.48. The highest BCUT2D eigenvalue weighted by Gasteiger charge is 2.61. The van der Waals surface area contributed by atoms with Crippen molar-refractivity contribution in [2.24, 2.45) is 11.8 Å². The Balaban J connectivity index is 1.28. The third-order valence-electron chi connectivity index (χ3n) is 8.38. The Kier molecular flexibility index (Phi) is 3.94. The van der Waals surface area contributed by atoms with E-state index in [-0.39, 0.29) is 5.54 Å². The lowest BCUT2D eigenvalue weighted by Crippen LogP contribution is -2.65. The van der Waals surface area contributed by atoms with E-state index in [1.54, 1.807) is 18.5 Å². The van der Waals surface area contributed by atoms with Gasteiger partial charge < -0.3 is 20.2 Å². The number of aromatic nitrogens is 3. The molecule has 0 radical (unpaired) electrons. The molecule has 2 aromatic heterocycles. The maximum atomic E-state index is 14.8. The number of nitrogens with one attached hydrogen (secondary N) is 1. The van der Waals surface area contributed by atoms with Crippen LogP contribution in [-0.4, -0.2) is 38.2 Å². The summed E-state index contributed by atoms with van der Waals surface area (Å²) in [4.78, 5) is 17.8. The number of nitrogens with zero attached hydrogens (tertiary/aromatic N) is 5. The molecule has 4 aliphatic carbocycles. The van der Waals surface area contributed by atoms with Gasteiger partial charge in [0.2, 0.25) is 5.95 Å². The molecule has 0 saturated heterocycles. The van der Waals surface area contributed by atoms with Gasteiger partial charge in [0.05, 0.1) is 28.5 Å². The highest BCUT2D eigenvalue weighted by molar-refractivity contribution is 5.84. The predicted octanol–water partition coefficient (Wildman–Crippen LogP) is 4.72. The summed E-state index contributed by atoms with van der Waals surface area (Å²) in [6.07, 6.45) is 9.25. The first kappa shape index (κ1) is 20.1. The number of anilines is 4. The summed E-state index contributed by atoms with van der Waals surface area (Å²) < 4.78 is 14.8. The zero-order valence-electron chi connectivity index (χ0n) is 19.1. The van der Waals surface area contributed by atoms with Gasteiger partial charge in [-0.05, 0) is 62.5 Å². The van der Waals surface area contributed by atoms with E-state index in [0.29, 0.717) is 29.0 Å². The van der Waals surface area contributed by atoms with Crippen molar-refractivity contribution in [3.8, 4) is 0 Å². The Hall–Kier alpha value is -3.26. The Bertz CT molecular complexity index is 1340. The summed E-state index contributed by atoms with van der Waals surface area (Å²) >= 11 is 0. The Morgan fingerprint density at radius 2 is 1.97 bits per heavy atom. The van der Waals surface area contributed by atoms with Crippen molar-refractivity contribution in [2.45, 2.75) is 49.7 Å². The van der Waals surface area contributed by atoms with Gasteiger partial charge in [-0.2, -0.15) is 4.98 Å². The van der Waals surface area contributed by atoms with E-state index >= 15 is 0 Å². The summed E-state index contributed by atoms with van der Waals surface area (Å²) in [6.45, 7) is 4.39. The molecule has 2 atom stereocenters. The summed E-state index contributed by atoms with van der Waals surface area (Å²) in [5.41, 5.74) is 0.996. The number of rotatable bonds is 3. The van der Waals surface area contributed by atoms with Crippen molar-refractivity contribution >= 4 is 34.0 Å². The Morgan fingerprint density at radius 1 is 1.18 bits per heavy atom. The molecule has 4 fully saturated rings. The number of hydrogen-bond donors (Lipinski definition) is 2. The first-order chi connectivity index (χ1) is 16.3. The summed E-state index contributed by atoms with van der Waals surface area (Å²) in [6, 6.07) is 6.87. The quantitative estimate of drug-likeness (QED) is 0.588. The number of aliphatic hydroxyl groups is 1. The second kappa shape index (κ2) is 6.66. The zero-order chi connectivity index (χ0) is 23.2. The van der Waals surface area contributed by atoms with Gasteiger partial charge in [-0.25, -0.2) is 9.37 Å². The molecule has 7 nitrogen and oxygen atoms in total. The molecule has 5 aliphatic rings. The van der Waals surface area contributed by atoms with Crippen LogP contribution in [0, 0.1) is 17.7 Å². The molecule has 174 valence electrons. The molecule has 8 heteroatoms. The van der Waals surface area contributed by atoms with Gasteiger partial charge in [0.25, 0.3) is 0 Å².